The van der Waals surface area contributed by atoms with E-state index in [9.17, 15) is 4.79 Å². The van der Waals surface area contributed by atoms with Gasteiger partial charge in [-0.15, -0.1) is 0 Å². The molecule has 1 unspecified atom stereocenters. The molecule has 1 aromatic rings. The maximum atomic E-state index is 12.3. The Hall–Kier alpha value is -1.35. The van der Waals surface area contributed by atoms with E-state index in [0.29, 0.717) is 19.0 Å². The molecule has 0 spiro atoms. The number of hydrogen-bond donors (Lipinski definition) is 1. The molecule has 96 valence electrons. The zero-order valence-electron chi connectivity index (χ0n) is 10.9. The second kappa shape index (κ2) is 4.09. The van der Waals surface area contributed by atoms with Gasteiger partial charge in [0.25, 0.3) is 0 Å². The number of nitrogens with zero attached hydrogens (tertiary/aromatic N) is 1. The first-order valence-corrected chi connectivity index (χ1v) is 6.70. The van der Waals surface area contributed by atoms with Gasteiger partial charge in [0.05, 0.1) is 0 Å². The van der Waals surface area contributed by atoms with Gasteiger partial charge in [-0.05, 0) is 37.3 Å². The highest BCUT2D eigenvalue weighted by Gasteiger charge is 2.40. The summed E-state index contributed by atoms with van der Waals surface area (Å²) in [5, 5.41) is 0. The minimum atomic E-state index is -0.164. The van der Waals surface area contributed by atoms with Crippen molar-refractivity contribution in [2.45, 2.75) is 31.7 Å². The summed E-state index contributed by atoms with van der Waals surface area (Å²) in [5.41, 5.74) is 8.55. The van der Waals surface area contributed by atoms with Gasteiger partial charge in [0, 0.05) is 24.5 Å². The fourth-order valence-corrected chi connectivity index (χ4v) is 3.15. The molecule has 3 heteroatoms. The van der Waals surface area contributed by atoms with Crippen LogP contribution >= 0.6 is 0 Å². The largest absolute Gasteiger partial charge is 0.339 e. The van der Waals surface area contributed by atoms with Crippen LogP contribution in [0.1, 0.15) is 24.5 Å². The van der Waals surface area contributed by atoms with Crippen LogP contribution in [0.15, 0.2) is 24.3 Å². The highest BCUT2D eigenvalue weighted by atomic mass is 16.2. The summed E-state index contributed by atoms with van der Waals surface area (Å²) >= 11 is 0. The monoisotopic (exact) mass is 244 g/mol. The van der Waals surface area contributed by atoms with Gasteiger partial charge in [-0.25, -0.2) is 0 Å². The van der Waals surface area contributed by atoms with Gasteiger partial charge in [0.1, 0.15) is 0 Å². The molecule has 1 fully saturated rings. The summed E-state index contributed by atoms with van der Waals surface area (Å²) in [5.74, 6) is 0.462. The van der Waals surface area contributed by atoms with Crippen LogP contribution in [0.2, 0.25) is 0 Å². The molecule has 1 saturated heterocycles. The summed E-state index contributed by atoms with van der Waals surface area (Å²) in [4.78, 5) is 14.3. The molecule has 1 atom stereocenters. The highest BCUT2D eigenvalue weighted by Crippen LogP contribution is 2.29. The van der Waals surface area contributed by atoms with E-state index in [1.54, 1.807) is 0 Å². The average molecular weight is 244 g/mol. The normalized spacial score (nSPS) is 25.2. The number of carbonyl (C=O) groups excluding carboxylic acids is 1. The Labute approximate surface area is 108 Å². The van der Waals surface area contributed by atoms with Crippen molar-refractivity contribution < 1.29 is 4.79 Å². The smallest absolute Gasteiger partial charge is 0.226 e. The van der Waals surface area contributed by atoms with Gasteiger partial charge >= 0.3 is 0 Å². The van der Waals surface area contributed by atoms with E-state index >= 15 is 0 Å². The number of amides is 1. The first-order chi connectivity index (χ1) is 8.55. The molecule has 3 rings (SSSR count). The number of aryl methyl sites for hydroxylation is 1. The van der Waals surface area contributed by atoms with Crippen LogP contribution in [-0.4, -0.2) is 29.4 Å². The number of hydrogen-bond acceptors (Lipinski definition) is 2. The third-order valence-electron chi connectivity index (χ3n) is 4.11. The van der Waals surface area contributed by atoms with Crippen LogP contribution in [0, 0.1) is 5.92 Å². The lowest BCUT2D eigenvalue weighted by Gasteiger charge is -2.47. The van der Waals surface area contributed by atoms with Crippen molar-refractivity contribution in [1.29, 1.82) is 0 Å². The third-order valence-corrected chi connectivity index (χ3v) is 4.11. The number of fused-ring (bicyclic) bond motifs is 1. The zero-order valence-corrected chi connectivity index (χ0v) is 10.9. The number of rotatable bonds is 1. The summed E-state index contributed by atoms with van der Waals surface area (Å²) in [7, 11) is 0. The molecule has 3 nitrogen and oxygen atoms in total. The predicted molar refractivity (Wildman–Crippen MR) is 71.1 cm³/mol. The number of benzene rings is 1. The molecule has 2 aliphatic rings. The zero-order chi connectivity index (χ0) is 12.8. The molecule has 0 aromatic heterocycles. The lowest BCUT2D eigenvalue weighted by molar-refractivity contribution is -0.143. The van der Waals surface area contributed by atoms with Crippen molar-refractivity contribution >= 4 is 5.91 Å². The standard InChI is InChI=1S/C15H20N2O/c1-15(16)9-17(10-15)14(18)13-7-6-11-4-2-3-5-12(11)8-13/h2-5,13H,6-10,16H2,1H3. The minimum Gasteiger partial charge on any atom is -0.339 e. The van der Waals surface area contributed by atoms with Crippen molar-refractivity contribution in [2.75, 3.05) is 13.1 Å². The molecule has 0 saturated carbocycles. The summed E-state index contributed by atoms with van der Waals surface area (Å²) in [6.45, 7) is 3.43. The van der Waals surface area contributed by atoms with Crippen molar-refractivity contribution in [1.82, 2.24) is 4.90 Å². The highest BCUT2D eigenvalue weighted by molar-refractivity contribution is 5.80. The quantitative estimate of drug-likeness (QED) is 0.810. The van der Waals surface area contributed by atoms with Crippen molar-refractivity contribution in [3.8, 4) is 0 Å². The van der Waals surface area contributed by atoms with Gasteiger partial charge in [0.2, 0.25) is 5.91 Å². The Morgan fingerprint density at radius 1 is 1.33 bits per heavy atom. The molecule has 1 heterocycles. The van der Waals surface area contributed by atoms with E-state index in [2.05, 4.69) is 24.3 Å². The molecular weight excluding hydrogens is 224 g/mol. The lowest BCUT2D eigenvalue weighted by Crippen LogP contribution is -2.67. The van der Waals surface area contributed by atoms with Gasteiger partial charge < -0.3 is 10.6 Å². The lowest BCUT2D eigenvalue weighted by atomic mass is 9.81. The Balaban J connectivity index is 1.68. The second-order valence-electron chi connectivity index (χ2n) is 6.06. The van der Waals surface area contributed by atoms with E-state index in [0.717, 1.165) is 19.3 Å². The minimum absolute atomic E-state index is 0.163. The van der Waals surface area contributed by atoms with E-state index in [4.69, 9.17) is 5.73 Å². The Kier molecular flexibility index (Phi) is 2.67. The van der Waals surface area contributed by atoms with Gasteiger partial charge in [-0.2, -0.15) is 0 Å². The fraction of sp³-hybridized carbons (Fsp3) is 0.533. The van der Waals surface area contributed by atoms with Crippen LogP contribution < -0.4 is 5.73 Å². The number of carbonyl (C=O) groups is 1. The molecule has 1 aliphatic heterocycles. The topological polar surface area (TPSA) is 46.3 Å². The maximum absolute atomic E-state index is 12.3. The van der Waals surface area contributed by atoms with Gasteiger partial charge in [0.15, 0.2) is 0 Å². The Bertz CT molecular complexity index is 473. The van der Waals surface area contributed by atoms with E-state index in [1.807, 2.05) is 11.8 Å². The van der Waals surface area contributed by atoms with Gasteiger partial charge in [-0.1, -0.05) is 24.3 Å². The molecule has 1 aromatic carbocycles. The first kappa shape index (κ1) is 11.7. The van der Waals surface area contributed by atoms with Crippen LogP contribution in [0.25, 0.3) is 0 Å². The predicted octanol–water partition coefficient (Wildman–Crippen LogP) is 1.35. The summed E-state index contributed by atoms with van der Waals surface area (Å²) in [6, 6.07) is 8.47. The van der Waals surface area contributed by atoms with Crippen LogP contribution in [0.4, 0.5) is 0 Å². The van der Waals surface area contributed by atoms with Crippen molar-refractivity contribution in [3.63, 3.8) is 0 Å². The van der Waals surface area contributed by atoms with E-state index in [-0.39, 0.29) is 11.5 Å². The fourth-order valence-electron chi connectivity index (χ4n) is 3.15. The SMILES string of the molecule is CC1(N)CN(C(=O)C2CCc3ccccc3C2)C1. The summed E-state index contributed by atoms with van der Waals surface area (Å²) in [6.07, 6.45) is 2.90. The molecular formula is C15H20N2O. The van der Waals surface area contributed by atoms with Crippen LogP contribution in [0.5, 0.6) is 0 Å². The Morgan fingerprint density at radius 2 is 2.00 bits per heavy atom. The molecule has 1 amide bonds. The Morgan fingerprint density at radius 3 is 2.67 bits per heavy atom. The number of nitrogens with two attached hydrogens (primary N) is 1. The first-order valence-electron chi connectivity index (χ1n) is 6.70. The molecule has 1 aliphatic carbocycles. The molecule has 18 heavy (non-hydrogen) atoms. The number of likely N-dealkylation sites (tertiary alicyclic amines) is 1. The van der Waals surface area contributed by atoms with Crippen molar-refractivity contribution in [2.24, 2.45) is 11.7 Å². The third kappa shape index (κ3) is 2.03. The molecule has 0 bridgehead atoms. The average Bonchev–Trinajstić information content (AvgIpc) is 2.34. The maximum Gasteiger partial charge on any atom is 0.226 e. The van der Waals surface area contributed by atoms with Gasteiger partial charge in [-0.3, -0.25) is 4.79 Å². The summed E-state index contributed by atoms with van der Waals surface area (Å²) < 4.78 is 0. The van der Waals surface area contributed by atoms with Crippen LogP contribution in [0.3, 0.4) is 0 Å². The molecule has 0 radical (unpaired) electrons. The second-order valence-corrected chi connectivity index (χ2v) is 6.06. The van der Waals surface area contributed by atoms with E-state index in [1.165, 1.54) is 11.1 Å². The van der Waals surface area contributed by atoms with E-state index < -0.39 is 0 Å². The molecule has 2 N–H and O–H groups in total. The van der Waals surface area contributed by atoms with Crippen molar-refractivity contribution in [3.05, 3.63) is 35.4 Å². The van der Waals surface area contributed by atoms with Crippen LogP contribution in [-0.2, 0) is 17.6 Å².